The van der Waals surface area contributed by atoms with Crippen molar-refractivity contribution >= 4 is 10.0 Å². The summed E-state index contributed by atoms with van der Waals surface area (Å²) in [6, 6.07) is 8.17. The maximum Gasteiger partial charge on any atom is 0.240 e. The van der Waals surface area contributed by atoms with E-state index in [0.29, 0.717) is 11.3 Å². The summed E-state index contributed by atoms with van der Waals surface area (Å²) in [4.78, 5) is 0.144. The Morgan fingerprint density at radius 1 is 1.25 bits per heavy atom. The predicted molar refractivity (Wildman–Crippen MR) is 74.5 cm³/mol. The Morgan fingerprint density at radius 2 is 2.05 bits per heavy atom. The maximum atomic E-state index is 12.2. The quantitative estimate of drug-likeness (QED) is 0.852. The highest BCUT2D eigenvalue weighted by Crippen LogP contribution is 2.17. The third-order valence-corrected chi connectivity index (χ3v) is 4.45. The molecule has 2 rings (SSSR count). The summed E-state index contributed by atoms with van der Waals surface area (Å²) < 4.78 is 31.9. The number of nitrogens with one attached hydrogen (secondary N) is 1. The number of furan rings is 1. The van der Waals surface area contributed by atoms with Crippen LogP contribution < -0.4 is 4.72 Å². The molecular formula is C14H17NO4S. The highest BCUT2D eigenvalue weighted by Gasteiger charge is 2.16. The molecule has 0 unspecified atom stereocenters. The average molecular weight is 295 g/mol. The maximum absolute atomic E-state index is 12.2. The van der Waals surface area contributed by atoms with Crippen molar-refractivity contribution in [1.29, 1.82) is 0 Å². The lowest BCUT2D eigenvalue weighted by atomic mass is 10.1. The fourth-order valence-electron chi connectivity index (χ4n) is 1.92. The van der Waals surface area contributed by atoms with Crippen molar-refractivity contribution in [2.24, 2.45) is 0 Å². The number of hydrogen-bond acceptors (Lipinski definition) is 4. The van der Waals surface area contributed by atoms with Crippen LogP contribution in [0.15, 0.2) is 45.9 Å². The minimum Gasteiger partial charge on any atom is -0.468 e. The van der Waals surface area contributed by atoms with Crippen LogP contribution >= 0.6 is 0 Å². The van der Waals surface area contributed by atoms with Crippen LogP contribution in [0.3, 0.4) is 0 Å². The normalized spacial score (nSPS) is 11.7. The number of hydrogen-bond donors (Lipinski definition) is 2. The Morgan fingerprint density at radius 3 is 2.65 bits per heavy atom. The summed E-state index contributed by atoms with van der Waals surface area (Å²) in [5, 5.41) is 9.29. The topological polar surface area (TPSA) is 79.5 Å². The van der Waals surface area contributed by atoms with Crippen molar-refractivity contribution in [3.8, 4) is 0 Å². The molecule has 2 N–H and O–H groups in total. The van der Waals surface area contributed by atoms with E-state index in [1.165, 1.54) is 12.3 Å². The van der Waals surface area contributed by atoms with Crippen molar-refractivity contribution in [2.45, 2.75) is 31.4 Å². The molecule has 0 spiro atoms. The largest absolute Gasteiger partial charge is 0.468 e. The summed E-state index contributed by atoms with van der Waals surface area (Å²) in [5.74, 6) is 0.543. The van der Waals surface area contributed by atoms with E-state index in [4.69, 9.17) is 4.42 Å². The van der Waals surface area contributed by atoms with E-state index in [2.05, 4.69) is 4.72 Å². The minimum absolute atomic E-state index is 0.0965. The van der Waals surface area contributed by atoms with Crippen LogP contribution in [0.2, 0.25) is 0 Å². The monoisotopic (exact) mass is 295 g/mol. The summed E-state index contributed by atoms with van der Waals surface area (Å²) in [7, 11) is -3.62. The van der Waals surface area contributed by atoms with Crippen LogP contribution in [0, 0.1) is 0 Å². The molecule has 0 aliphatic heterocycles. The SMILES string of the molecule is CCc1ccc(S(=O)(=O)NCc2ccco2)cc1CO. The number of sulfonamides is 1. The molecule has 5 nitrogen and oxygen atoms in total. The zero-order valence-electron chi connectivity index (χ0n) is 11.2. The zero-order chi connectivity index (χ0) is 14.6. The van der Waals surface area contributed by atoms with Gasteiger partial charge in [0, 0.05) is 0 Å². The average Bonchev–Trinajstić information content (AvgIpc) is 2.97. The van der Waals surface area contributed by atoms with Gasteiger partial charge in [-0.15, -0.1) is 0 Å². The first-order chi connectivity index (χ1) is 9.56. The smallest absolute Gasteiger partial charge is 0.240 e. The first kappa shape index (κ1) is 14.8. The van der Waals surface area contributed by atoms with E-state index in [1.54, 1.807) is 24.3 Å². The third kappa shape index (κ3) is 3.27. The molecule has 1 aromatic carbocycles. The molecule has 20 heavy (non-hydrogen) atoms. The standard InChI is InChI=1S/C14H17NO4S/c1-2-11-5-6-14(8-12(11)10-16)20(17,18)15-9-13-4-3-7-19-13/h3-8,15-16H,2,9-10H2,1H3. The van der Waals surface area contributed by atoms with Crippen LogP contribution in [0.5, 0.6) is 0 Å². The van der Waals surface area contributed by atoms with Gasteiger partial charge in [0.1, 0.15) is 5.76 Å². The summed E-state index contributed by atoms with van der Waals surface area (Å²) in [5.41, 5.74) is 1.57. The van der Waals surface area contributed by atoms with E-state index < -0.39 is 10.0 Å². The lowest BCUT2D eigenvalue weighted by Crippen LogP contribution is -2.23. The highest BCUT2D eigenvalue weighted by molar-refractivity contribution is 7.89. The second kappa shape index (κ2) is 6.21. The van der Waals surface area contributed by atoms with Crippen LogP contribution in [-0.4, -0.2) is 13.5 Å². The van der Waals surface area contributed by atoms with Gasteiger partial charge in [0.25, 0.3) is 0 Å². The number of benzene rings is 1. The van der Waals surface area contributed by atoms with Crippen LogP contribution in [0.25, 0.3) is 0 Å². The Hall–Kier alpha value is -1.63. The molecule has 0 saturated carbocycles. The van der Waals surface area contributed by atoms with E-state index in [1.807, 2.05) is 6.92 Å². The van der Waals surface area contributed by atoms with Gasteiger partial charge in [0.2, 0.25) is 10.0 Å². The molecule has 1 heterocycles. The lowest BCUT2D eigenvalue weighted by Gasteiger charge is -2.10. The summed E-state index contributed by atoms with van der Waals surface area (Å²) in [6.45, 7) is 1.88. The molecule has 0 atom stereocenters. The van der Waals surface area contributed by atoms with Crippen LogP contribution in [-0.2, 0) is 29.6 Å². The summed E-state index contributed by atoms with van der Waals surface area (Å²) in [6.07, 6.45) is 2.24. The Balaban J connectivity index is 2.20. The van der Waals surface area contributed by atoms with Gasteiger partial charge in [-0.1, -0.05) is 13.0 Å². The highest BCUT2D eigenvalue weighted by atomic mass is 32.2. The Kier molecular flexibility index (Phi) is 4.59. The number of aliphatic hydroxyl groups excluding tert-OH is 1. The van der Waals surface area contributed by atoms with Gasteiger partial charge in [0.05, 0.1) is 24.3 Å². The van der Waals surface area contributed by atoms with Gasteiger partial charge in [-0.05, 0) is 41.8 Å². The second-order valence-corrected chi connectivity index (χ2v) is 6.11. The molecule has 0 saturated heterocycles. The molecule has 0 bridgehead atoms. The van der Waals surface area contributed by atoms with Crippen molar-refractivity contribution in [3.05, 3.63) is 53.5 Å². The van der Waals surface area contributed by atoms with Crippen molar-refractivity contribution in [2.75, 3.05) is 0 Å². The van der Waals surface area contributed by atoms with Gasteiger partial charge in [-0.2, -0.15) is 0 Å². The van der Waals surface area contributed by atoms with E-state index >= 15 is 0 Å². The van der Waals surface area contributed by atoms with Crippen molar-refractivity contribution in [1.82, 2.24) is 4.72 Å². The molecule has 2 aromatic rings. The number of rotatable bonds is 6. The molecule has 108 valence electrons. The number of aryl methyl sites for hydroxylation is 1. The van der Waals surface area contributed by atoms with Crippen LogP contribution in [0.4, 0.5) is 0 Å². The molecular weight excluding hydrogens is 278 g/mol. The summed E-state index contributed by atoms with van der Waals surface area (Å²) >= 11 is 0. The number of aliphatic hydroxyl groups is 1. The van der Waals surface area contributed by atoms with Crippen LogP contribution in [0.1, 0.15) is 23.8 Å². The fourth-order valence-corrected chi connectivity index (χ4v) is 2.97. The first-order valence-electron chi connectivity index (χ1n) is 6.31. The van der Waals surface area contributed by atoms with E-state index in [9.17, 15) is 13.5 Å². The minimum atomic E-state index is -3.62. The molecule has 0 aliphatic rings. The zero-order valence-corrected chi connectivity index (χ0v) is 12.0. The third-order valence-electron chi connectivity index (χ3n) is 3.06. The Bertz CT molecular complexity index is 662. The lowest BCUT2D eigenvalue weighted by molar-refractivity contribution is 0.280. The molecule has 0 radical (unpaired) electrons. The Labute approximate surface area is 118 Å². The van der Waals surface area contributed by atoms with Gasteiger partial charge in [0.15, 0.2) is 0 Å². The molecule has 0 fully saturated rings. The van der Waals surface area contributed by atoms with Gasteiger partial charge >= 0.3 is 0 Å². The van der Waals surface area contributed by atoms with E-state index in [-0.39, 0.29) is 18.0 Å². The predicted octanol–water partition coefficient (Wildman–Crippen LogP) is 1.81. The van der Waals surface area contributed by atoms with Gasteiger partial charge in [-0.3, -0.25) is 0 Å². The fraction of sp³-hybridized carbons (Fsp3) is 0.286. The molecule has 0 aliphatic carbocycles. The van der Waals surface area contributed by atoms with Crippen molar-refractivity contribution < 1.29 is 17.9 Å². The van der Waals surface area contributed by atoms with Gasteiger partial charge in [-0.25, -0.2) is 13.1 Å². The van der Waals surface area contributed by atoms with Gasteiger partial charge < -0.3 is 9.52 Å². The first-order valence-corrected chi connectivity index (χ1v) is 7.80. The van der Waals surface area contributed by atoms with E-state index in [0.717, 1.165) is 12.0 Å². The second-order valence-electron chi connectivity index (χ2n) is 4.35. The molecule has 1 aromatic heterocycles. The van der Waals surface area contributed by atoms with Crippen molar-refractivity contribution in [3.63, 3.8) is 0 Å². The molecule has 6 heteroatoms. The molecule has 0 amide bonds.